The summed E-state index contributed by atoms with van der Waals surface area (Å²) in [4.78, 5) is 26.2. The lowest BCUT2D eigenvalue weighted by Crippen LogP contribution is -2.46. The molecule has 2 aliphatic rings. The van der Waals surface area contributed by atoms with Crippen LogP contribution in [-0.4, -0.2) is 29.3 Å². The zero-order valence-corrected chi connectivity index (χ0v) is 11.7. The number of nitrogens with one attached hydrogen (secondary N) is 1. The second kappa shape index (κ2) is 5.31. The van der Waals surface area contributed by atoms with Gasteiger partial charge in [0.2, 0.25) is 11.8 Å². The zero-order valence-electron chi connectivity index (χ0n) is 11.7. The van der Waals surface area contributed by atoms with Crippen LogP contribution < -0.4 is 5.32 Å². The number of likely N-dealkylation sites (tertiary alicyclic amines) is 1. The summed E-state index contributed by atoms with van der Waals surface area (Å²) in [5.74, 6) is 1.13. The molecule has 1 saturated heterocycles. The van der Waals surface area contributed by atoms with Gasteiger partial charge in [-0.15, -0.1) is 0 Å². The number of amides is 2. The summed E-state index contributed by atoms with van der Waals surface area (Å²) in [6.07, 6.45) is 5.28. The molecule has 3 rings (SSSR count). The Morgan fingerprint density at radius 2 is 2.20 bits per heavy atom. The molecule has 1 aromatic heterocycles. The lowest BCUT2D eigenvalue weighted by molar-refractivity contribution is -0.139. The van der Waals surface area contributed by atoms with Crippen LogP contribution in [-0.2, 0) is 16.1 Å². The van der Waals surface area contributed by atoms with E-state index in [-0.39, 0.29) is 23.8 Å². The summed E-state index contributed by atoms with van der Waals surface area (Å²) in [7, 11) is 0. The van der Waals surface area contributed by atoms with E-state index in [1.54, 1.807) is 11.2 Å². The SMILES string of the molecule is Cc1occc1CNC(=O)[C@@H]1CCCN1C(=O)C1CC1. The number of aryl methyl sites for hydroxylation is 1. The van der Waals surface area contributed by atoms with E-state index in [9.17, 15) is 9.59 Å². The van der Waals surface area contributed by atoms with Gasteiger partial charge in [0.25, 0.3) is 0 Å². The third-order valence-electron chi connectivity index (χ3n) is 4.18. The van der Waals surface area contributed by atoms with Crippen molar-refractivity contribution in [1.82, 2.24) is 10.2 Å². The lowest BCUT2D eigenvalue weighted by atomic mass is 10.2. The molecule has 1 aliphatic heterocycles. The van der Waals surface area contributed by atoms with E-state index in [0.29, 0.717) is 6.54 Å². The Morgan fingerprint density at radius 3 is 2.85 bits per heavy atom. The first-order valence-corrected chi connectivity index (χ1v) is 7.28. The molecule has 0 bridgehead atoms. The predicted octanol–water partition coefficient (Wildman–Crippen LogP) is 1.61. The molecule has 5 heteroatoms. The van der Waals surface area contributed by atoms with Gasteiger partial charge in [0, 0.05) is 24.6 Å². The number of nitrogens with zero attached hydrogens (tertiary/aromatic N) is 1. The van der Waals surface area contributed by atoms with Crippen molar-refractivity contribution in [3.05, 3.63) is 23.7 Å². The van der Waals surface area contributed by atoms with Gasteiger partial charge in [0.15, 0.2) is 0 Å². The Morgan fingerprint density at radius 1 is 1.40 bits per heavy atom. The molecule has 1 N–H and O–H groups in total. The fraction of sp³-hybridized carbons (Fsp3) is 0.600. The smallest absolute Gasteiger partial charge is 0.243 e. The van der Waals surface area contributed by atoms with Gasteiger partial charge in [-0.25, -0.2) is 0 Å². The van der Waals surface area contributed by atoms with E-state index < -0.39 is 0 Å². The second-order valence-corrected chi connectivity index (χ2v) is 5.68. The molecule has 0 radical (unpaired) electrons. The van der Waals surface area contributed by atoms with Crippen molar-refractivity contribution >= 4 is 11.8 Å². The summed E-state index contributed by atoms with van der Waals surface area (Å²) < 4.78 is 5.21. The first-order valence-electron chi connectivity index (χ1n) is 7.28. The fourth-order valence-electron chi connectivity index (χ4n) is 2.76. The van der Waals surface area contributed by atoms with Gasteiger partial charge >= 0.3 is 0 Å². The molecule has 1 saturated carbocycles. The van der Waals surface area contributed by atoms with Gasteiger partial charge in [-0.1, -0.05) is 0 Å². The van der Waals surface area contributed by atoms with Gasteiger partial charge in [-0.3, -0.25) is 9.59 Å². The monoisotopic (exact) mass is 276 g/mol. The molecule has 1 aromatic rings. The fourth-order valence-corrected chi connectivity index (χ4v) is 2.76. The molecule has 5 nitrogen and oxygen atoms in total. The maximum atomic E-state index is 12.3. The summed E-state index contributed by atoms with van der Waals surface area (Å²) in [6.45, 7) is 3.06. The highest BCUT2D eigenvalue weighted by Crippen LogP contribution is 2.33. The molecule has 0 spiro atoms. The van der Waals surface area contributed by atoms with E-state index in [2.05, 4.69) is 5.32 Å². The van der Waals surface area contributed by atoms with Gasteiger partial charge in [0.1, 0.15) is 11.8 Å². The molecule has 2 fully saturated rings. The van der Waals surface area contributed by atoms with Crippen LogP contribution in [0.25, 0.3) is 0 Å². The third-order valence-corrected chi connectivity index (χ3v) is 4.18. The summed E-state index contributed by atoms with van der Waals surface area (Å²) >= 11 is 0. The van der Waals surface area contributed by atoms with Crippen molar-refractivity contribution in [2.75, 3.05) is 6.54 Å². The second-order valence-electron chi connectivity index (χ2n) is 5.68. The van der Waals surface area contributed by atoms with E-state index in [0.717, 1.165) is 43.6 Å². The van der Waals surface area contributed by atoms with Crippen LogP contribution in [0.3, 0.4) is 0 Å². The van der Waals surface area contributed by atoms with Crippen LogP contribution in [0.2, 0.25) is 0 Å². The minimum atomic E-state index is -0.282. The highest BCUT2D eigenvalue weighted by Gasteiger charge is 2.40. The summed E-state index contributed by atoms with van der Waals surface area (Å²) in [5, 5.41) is 2.92. The Hall–Kier alpha value is -1.78. The molecule has 1 aliphatic carbocycles. The minimum Gasteiger partial charge on any atom is -0.469 e. The average molecular weight is 276 g/mol. The van der Waals surface area contributed by atoms with Gasteiger partial charge in [0.05, 0.1) is 6.26 Å². The van der Waals surface area contributed by atoms with Gasteiger partial charge < -0.3 is 14.6 Å². The third kappa shape index (κ3) is 2.57. The van der Waals surface area contributed by atoms with E-state index >= 15 is 0 Å². The molecule has 20 heavy (non-hydrogen) atoms. The van der Waals surface area contributed by atoms with Crippen LogP contribution in [0.4, 0.5) is 0 Å². The molecule has 2 amide bonds. The Balaban J connectivity index is 1.58. The van der Waals surface area contributed by atoms with Crippen LogP contribution in [0.1, 0.15) is 37.0 Å². The standard InChI is InChI=1S/C15H20N2O3/c1-10-12(6-8-20-10)9-16-14(18)13-3-2-7-17(13)15(19)11-4-5-11/h6,8,11,13H,2-5,7,9H2,1H3,(H,16,18)/t13-/m0/s1. The predicted molar refractivity (Wildman–Crippen MR) is 72.8 cm³/mol. The van der Waals surface area contributed by atoms with Gasteiger partial charge in [-0.2, -0.15) is 0 Å². The molecule has 108 valence electrons. The molecule has 1 atom stereocenters. The van der Waals surface area contributed by atoms with Gasteiger partial charge in [-0.05, 0) is 38.7 Å². The topological polar surface area (TPSA) is 62.6 Å². The van der Waals surface area contributed by atoms with Crippen molar-refractivity contribution in [1.29, 1.82) is 0 Å². The molecule has 0 unspecified atom stereocenters. The number of rotatable bonds is 4. The van der Waals surface area contributed by atoms with E-state index in [1.807, 2.05) is 13.0 Å². The van der Waals surface area contributed by atoms with Crippen LogP contribution in [0.5, 0.6) is 0 Å². The van der Waals surface area contributed by atoms with E-state index in [4.69, 9.17) is 4.42 Å². The normalized spacial score (nSPS) is 22.1. The number of carbonyl (C=O) groups is 2. The van der Waals surface area contributed by atoms with Crippen molar-refractivity contribution in [3.63, 3.8) is 0 Å². The quantitative estimate of drug-likeness (QED) is 0.908. The van der Waals surface area contributed by atoms with Crippen molar-refractivity contribution < 1.29 is 14.0 Å². The van der Waals surface area contributed by atoms with Crippen LogP contribution >= 0.6 is 0 Å². The zero-order chi connectivity index (χ0) is 14.1. The maximum absolute atomic E-state index is 12.3. The van der Waals surface area contributed by atoms with E-state index in [1.165, 1.54) is 0 Å². The molecule has 2 heterocycles. The number of carbonyl (C=O) groups excluding carboxylic acids is 2. The molecule has 0 aromatic carbocycles. The minimum absolute atomic E-state index is 0.0444. The number of hydrogen-bond donors (Lipinski definition) is 1. The average Bonchev–Trinajstić information content (AvgIpc) is 3.03. The number of furan rings is 1. The Kier molecular flexibility index (Phi) is 3.51. The first-order chi connectivity index (χ1) is 9.66. The highest BCUT2D eigenvalue weighted by atomic mass is 16.3. The Bertz CT molecular complexity index is 519. The largest absolute Gasteiger partial charge is 0.469 e. The van der Waals surface area contributed by atoms with Crippen LogP contribution in [0, 0.1) is 12.8 Å². The molecular formula is C15H20N2O3. The lowest BCUT2D eigenvalue weighted by Gasteiger charge is -2.24. The van der Waals surface area contributed by atoms with Crippen LogP contribution in [0.15, 0.2) is 16.7 Å². The first kappa shape index (κ1) is 13.2. The Labute approximate surface area is 118 Å². The number of hydrogen-bond acceptors (Lipinski definition) is 3. The van der Waals surface area contributed by atoms with Crippen molar-refractivity contribution in [3.8, 4) is 0 Å². The highest BCUT2D eigenvalue weighted by molar-refractivity contribution is 5.89. The van der Waals surface area contributed by atoms with Crippen molar-refractivity contribution in [2.24, 2.45) is 5.92 Å². The summed E-state index contributed by atoms with van der Waals surface area (Å²) in [5.41, 5.74) is 0.983. The van der Waals surface area contributed by atoms with Crippen molar-refractivity contribution in [2.45, 2.75) is 45.2 Å². The molecular weight excluding hydrogens is 256 g/mol. The maximum Gasteiger partial charge on any atom is 0.243 e. The summed E-state index contributed by atoms with van der Waals surface area (Å²) in [6, 6.07) is 1.58.